The van der Waals surface area contributed by atoms with Gasteiger partial charge < -0.3 is 14.4 Å². The van der Waals surface area contributed by atoms with Crippen molar-refractivity contribution in [2.24, 2.45) is 0 Å². The number of nitrogens with zero attached hydrogens (tertiary/aromatic N) is 1. The molecule has 0 saturated heterocycles. The van der Waals surface area contributed by atoms with Gasteiger partial charge in [-0.2, -0.15) is 0 Å². The van der Waals surface area contributed by atoms with E-state index in [0.717, 1.165) is 45.6 Å². The van der Waals surface area contributed by atoms with Crippen LogP contribution in [0.1, 0.15) is 53.9 Å². The Labute approximate surface area is 132 Å². The highest BCUT2D eigenvalue weighted by molar-refractivity contribution is 5.36. The van der Waals surface area contributed by atoms with Crippen molar-refractivity contribution in [2.75, 3.05) is 39.5 Å². The summed E-state index contributed by atoms with van der Waals surface area (Å²) in [6.07, 6.45) is 4.96. The van der Waals surface area contributed by atoms with E-state index < -0.39 is 0 Å². The maximum absolute atomic E-state index is 9.46. The van der Waals surface area contributed by atoms with Crippen molar-refractivity contribution >= 4 is 6.47 Å². The van der Waals surface area contributed by atoms with Crippen LogP contribution in [0.5, 0.6) is 0 Å². The Hall–Kier alpha value is -0.870. The molecule has 0 fully saturated rings. The van der Waals surface area contributed by atoms with Crippen molar-refractivity contribution < 1.29 is 14.3 Å². The third-order valence-electron chi connectivity index (χ3n) is 2.55. The summed E-state index contributed by atoms with van der Waals surface area (Å²) in [6.45, 7) is 20.0. The van der Waals surface area contributed by atoms with E-state index in [4.69, 9.17) is 4.74 Å². The van der Waals surface area contributed by atoms with E-state index in [1.165, 1.54) is 6.54 Å². The minimum atomic E-state index is 0.482. The highest BCUT2D eigenvalue weighted by Crippen LogP contribution is 1.90. The first-order valence-electron chi connectivity index (χ1n) is 8.10. The fourth-order valence-electron chi connectivity index (χ4n) is 1.35. The van der Waals surface area contributed by atoms with Gasteiger partial charge in [-0.1, -0.05) is 33.3 Å². The zero-order chi connectivity index (χ0) is 16.8. The highest BCUT2D eigenvalue weighted by Gasteiger charge is 1.96. The number of hydrogen-bond donors (Lipinski definition) is 0. The number of ether oxygens (including phenoxy) is 2. The molecular weight excluding hydrogens is 266 g/mol. The maximum atomic E-state index is 9.46. The normalized spacial score (nSPS) is 9.05. The molecule has 0 saturated carbocycles. The molecule has 0 amide bonds. The van der Waals surface area contributed by atoms with Gasteiger partial charge in [0.1, 0.15) is 0 Å². The Morgan fingerprint density at radius 1 is 1.05 bits per heavy atom. The second kappa shape index (κ2) is 27.5. The lowest BCUT2D eigenvalue weighted by Crippen LogP contribution is -2.24. The molecule has 128 valence electrons. The standard InChI is InChI=1S/C9H21NO.C5H10O2.C3H6/c1-4-10(5-2)8-7-9-11-6-3;1-2-3-4-7-5-6;1-3-2/h4-9H2,1-3H3;5H,2-4H2,1H3;3H,1H2,2H3. The van der Waals surface area contributed by atoms with Crippen molar-refractivity contribution in [3.05, 3.63) is 12.7 Å². The van der Waals surface area contributed by atoms with Gasteiger partial charge in [0, 0.05) is 19.8 Å². The van der Waals surface area contributed by atoms with Gasteiger partial charge in [0.2, 0.25) is 0 Å². The number of hydrogen-bond acceptors (Lipinski definition) is 4. The Balaban J connectivity index is -0.000000277. The molecule has 0 aromatic rings. The van der Waals surface area contributed by atoms with Crippen molar-refractivity contribution in [1.82, 2.24) is 4.90 Å². The van der Waals surface area contributed by atoms with E-state index >= 15 is 0 Å². The molecule has 0 aliphatic heterocycles. The third-order valence-corrected chi connectivity index (χ3v) is 2.55. The first-order valence-corrected chi connectivity index (χ1v) is 8.10. The number of carbonyl (C=O) groups is 1. The van der Waals surface area contributed by atoms with Gasteiger partial charge in [-0.05, 0) is 39.8 Å². The second-order valence-corrected chi connectivity index (χ2v) is 4.31. The zero-order valence-electron chi connectivity index (χ0n) is 14.9. The van der Waals surface area contributed by atoms with E-state index in [2.05, 4.69) is 30.1 Å². The summed E-state index contributed by atoms with van der Waals surface area (Å²) < 4.78 is 9.64. The predicted octanol–water partition coefficient (Wildman–Crippen LogP) is 3.91. The average Bonchev–Trinajstić information content (AvgIpc) is 2.50. The fraction of sp³-hybridized carbons (Fsp3) is 0.824. The van der Waals surface area contributed by atoms with Crippen LogP contribution in [0.25, 0.3) is 0 Å². The van der Waals surface area contributed by atoms with Gasteiger partial charge >= 0.3 is 0 Å². The quantitative estimate of drug-likeness (QED) is 0.329. The molecule has 0 aromatic heterocycles. The van der Waals surface area contributed by atoms with Crippen LogP contribution in [0.15, 0.2) is 12.7 Å². The van der Waals surface area contributed by atoms with Gasteiger partial charge in [-0.3, -0.25) is 4.79 Å². The Morgan fingerprint density at radius 2 is 1.62 bits per heavy atom. The zero-order valence-corrected chi connectivity index (χ0v) is 14.9. The molecule has 0 heterocycles. The molecule has 21 heavy (non-hydrogen) atoms. The fourth-order valence-corrected chi connectivity index (χ4v) is 1.35. The van der Waals surface area contributed by atoms with Crippen LogP contribution < -0.4 is 0 Å². The monoisotopic (exact) mass is 303 g/mol. The van der Waals surface area contributed by atoms with Crippen molar-refractivity contribution in [1.29, 1.82) is 0 Å². The van der Waals surface area contributed by atoms with Crippen LogP contribution in [0.4, 0.5) is 0 Å². The molecule has 0 atom stereocenters. The van der Waals surface area contributed by atoms with Crippen LogP contribution in [-0.2, 0) is 14.3 Å². The predicted molar refractivity (Wildman–Crippen MR) is 91.7 cm³/mol. The smallest absolute Gasteiger partial charge is 0.293 e. The minimum absolute atomic E-state index is 0.482. The summed E-state index contributed by atoms with van der Waals surface area (Å²) in [5.74, 6) is 0. The molecule has 0 spiro atoms. The molecule has 0 rings (SSSR count). The van der Waals surface area contributed by atoms with Gasteiger partial charge in [-0.25, -0.2) is 0 Å². The first kappa shape index (κ1) is 25.1. The summed E-state index contributed by atoms with van der Waals surface area (Å²) in [5.41, 5.74) is 0. The molecule has 4 nitrogen and oxygen atoms in total. The Bertz CT molecular complexity index is 183. The number of carbonyl (C=O) groups excluding carboxylic acids is 1. The molecule has 0 unspecified atom stereocenters. The topological polar surface area (TPSA) is 38.8 Å². The summed E-state index contributed by atoms with van der Waals surface area (Å²) in [4.78, 5) is 11.9. The molecule has 4 heteroatoms. The molecule has 0 aromatic carbocycles. The molecule has 0 bridgehead atoms. The van der Waals surface area contributed by atoms with Crippen molar-refractivity contribution in [3.63, 3.8) is 0 Å². The molecule has 0 aliphatic rings. The number of rotatable bonds is 11. The van der Waals surface area contributed by atoms with E-state index in [0.29, 0.717) is 13.1 Å². The summed E-state index contributed by atoms with van der Waals surface area (Å²) in [5, 5.41) is 0. The number of allylic oxidation sites excluding steroid dienone is 1. The second-order valence-electron chi connectivity index (χ2n) is 4.31. The Kier molecular flexibility index (Phi) is 32.8. The lowest BCUT2D eigenvalue weighted by molar-refractivity contribution is -0.128. The van der Waals surface area contributed by atoms with Gasteiger partial charge in [0.05, 0.1) is 6.61 Å². The van der Waals surface area contributed by atoms with E-state index in [-0.39, 0.29) is 0 Å². The van der Waals surface area contributed by atoms with E-state index in [9.17, 15) is 4.79 Å². The molecule has 0 aliphatic carbocycles. The number of unbranched alkanes of at least 4 members (excludes halogenated alkanes) is 1. The largest absolute Gasteiger partial charge is 0.468 e. The first-order chi connectivity index (χ1) is 10.2. The maximum Gasteiger partial charge on any atom is 0.293 e. The van der Waals surface area contributed by atoms with Crippen LogP contribution in [0, 0.1) is 0 Å². The molecule has 0 radical (unpaired) electrons. The molecular formula is C17H37NO3. The van der Waals surface area contributed by atoms with E-state index in [1.54, 1.807) is 6.08 Å². The Morgan fingerprint density at radius 3 is 2.00 bits per heavy atom. The van der Waals surface area contributed by atoms with Crippen LogP contribution in [-0.4, -0.2) is 50.8 Å². The van der Waals surface area contributed by atoms with Gasteiger partial charge in [-0.15, -0.1) is 6.58 Å². The van der Waals surface area contributed by atoms with Crippen LogP contribution in [0.2, 0.25) is 0 Å². The van der Waals surface area contributed by atoms with Crippen molar-refractivity contribution in [2.45, 2.75) is 53.9 Å². The van der Waals surface area contributed by atoms with Crippen LogP contribution in [0.3, 0.4) is 0 Å². The lowest BCUT2D eigenvalue weighted by Gasteiger charge is -2.17. The SMILES string of the molecule is C=CC.CCCCOC=O.CCOCCCN(CC)CC. The van der Waals surface area contributed by atoms with Gasteiger partial charge in [0.15, 0.2) is 0 Å². The average molecular weight is 303 g/mol. The third kappa shape index (κ3) is 32.6. The van der Waals surface area contributed by atoms with E-state index in [1.807, 2.05) is 20.8 Å². The van der Waals surface area contributed by atoms with Crippen molar-refractivity contribution in [3.8, 4) is 0 Å². The summed E-state index contributed by atoms with van der Waals surface area (Å²) in [6, 6.07) is 0. The summed E-state index contributed by atoms with van der Waals surface area (Å²) >= 11 is 0. The summed E-state index contributed by atoms with van der Waals surface area (Å²) in [7, 11) is 0. The highest BCUT2D eigenvalue weighted by atomic mass is 16.5. The van der Waals surface area contributed by atoms with Crippen LogP contribution >= 0.6 is 0 Å². The van der Waals surface area contributed by atoms with Gasteiger partial charge in [0.25, 0.3) is 6.47 Å². The molecule has 0 N–H and O–H groups in total. The minimum Gasteiger partial charge on any atom is -0.468 e. The lowest BCUT2D eigenvalue weighted by atomic mass is 10.4.